The second-order valence-electron chi connectivity index (χ2n) is 7.26. The van der Waals surface area contributed by atoms with E-state index in [1.54, 1.807) is 12.1 Å². The van der Waals surface area contributed by atoms with Gasteiger partial charge in [-0.05, 0) is 43.0 Å². The smallest absolute Gasteiger partial charge is 0.242 e. The Balaban J connectivity index is 1.68. The molecule has 2 amide bonds. The van der Waals surface area contributed by atoms with E-state index in [0.717, 1.165) is 31.6 Å². The first-order chi connectivity index (χ1) is 12.6. The van der Waals surface area contributed by atoms with E-state index in [4.69, 9.17) is 11.6 Å². The van der Waals surface area contributed by atoms with Gasteiger partial charge in [-0.15, -0.1) is 0 Å². The van der Waals surface area contributed by atoms with Crippen molar-refractivity contribution in [2.75, 3.05) is 31.5 Å². The highest BCUT2D eigenvalue weighted by atomic mass is 35.5. The van der Waals surface area contributed by atoms with E-state index in [9.17, 15) is 9.59 Å². The van der Waals surface area contributed by atoms with Crippen LogP contribution in [0.2, 0.25) is 5.02 Å². The largest absolute Gasteiger partial charge is 0.340 e. The predicted octanol–water partition coefficient (Wildman–Crippen LogP) is 3.39. The van der Waals surface area contributed by atoms with Crippen molar-refractivity contribution in [2.24, 2.45) is 5.92 Å². The Kier molecular flexibility index (Phi) is 6.54. The number of nitrogens with one attached hydrogen (secondary N) is 1. The molecular formula is C20H28ClN3O2. The van der Waals surface area contributed by atoms with Gasteiger partial charge in [0.15, 0.2) is 0 Å². The van der Waals surface area contributed by atoms with Crippen molar-refractivity contribution in [1.82, 2.24) is 9.80 Å². The second-order valence-corrected chi connectivity index (χ2v) is 7.69. The van der Waals surface area contributed by atoms with Gasteiger partial charge in [0.1, 0.15) is 0 Å². The summed E-state index contributed by atoms with van der Waals surface area (Å²) in [5.41, 5.74) is 0.780. The van der Waals surface area contributed by atoms with E-state index in [2.05, 4.69) is 10.2 Å². The number of anilines is 1. The number of halogens is 1. The van der Waals surface area contributed by atoms with Crippen LogP contribution in [0.15, 0.2) is 24.3 Å². The summed E-state index contributed by atoms with van der Waals surface area (Å²) in [6.45, 7) is 4.85. The topological polar surface area (TPSA) is 52.7 Å². The van der Waals surface area contributed by atoms with Crippen LogP contribution in [0.1, 0.15) is 39.0 Å². The Hall–Kier alpha value is -1.59. The van der Waals surface area contributed by atoms with E-state index in [-0.39, 0.29) is 17.9 Å². The van der Waals surface area contributed by atoms with Gasteiger partial charge >= 0.3 is 0 Å². The summed E-state index contributed by atoms with van der Waals surface area (Å²) in [6, 6.07) is 7.13. The fourth-order valence-corrected chi connectivity index (χ4v) is 4.30. The maximum atomic E-state index is 13.1. The molecule has 2 aliphatic rings. The van der Waals surface area contributed by atoms with Gasteiger partial charge < -0.3 is 10.2 Å². The molecule has 1 aliphatic heterocycles. The predicted molar refractivity (Wildman–Crippen MR) is 104 cm³/mol. The molecule has 6 heteroatoms. The normalized spacial score (nSPS) is 20.2. The first-order valence-electron chi connectivity index (χ1n) is 9.66. The van der Waals surface area contributed by atoms with Crippen LogP contribution in [0.25, 0.3) is 0 Å². The zero-order valence-electron chi connectivity index (χ0n) is 15.4. The monoisotopic (exact) mass is 377 g/mol. The molecule has 0 aromatic heterocycles. The van der Waals surface area contributed by atoms with Crippen molar-refractivity contribution in [2.45, 2.75) is 45.1 Å². The minimum Gasteiger partial charge on any atom is -0.340 e. The third-order valence-corrected chi connectivity index (χ3v) is 5.84. The molecule has 1 N–H and O–H groups in total. The zero-order chi connectivity index (χ0) is 18.5. The molecule has 5 nitrogen and oxygen atoms in total. The van der Waals surface area contributed by atoms with E-state index in [1.807, 2.05) is 24.0 Å². The maximum absolute atomic E-state index is 13.1. The van der Waals surface area contributed by atoms with Crippen molar-refractivity contribution in [3.05, 3.63) is 29.3 Å². The molecule has 0 radical (unpaired) electrons. The van der Waals surface area contributed by atoms with E-state index in [0.29, 0.717) is 30.5 Å². The number of amides is 2. The van der Waals surface area contributed by atoms with Crippen LogP contribution < -0.4 is 5.32 Å². The highest BCUT2D eigenvalue weighted by molar-refractivity contribution is 6.30. The summed E-state index contributed by atoms with van der Waals surface area (Å²) in [5.74, 6) is 0.665. The van der Waals surface area contributed by atoms with Crippen LogP contribution in [0.5, 0.6) is 0 Å². The molecule has 0 unspecified atom stereocenters. The summed E-state index contributed by atoms with van der Waals surface area (Å²) in [5, 5.41) is 3.73. The lowest BCUT2D eigenvalue weighted by Crippen LogP contribution is -2.56. The first kappa shape index (κ1) is 19.2. The van der Waals surface area contributed by atoms with Crippen molar-refractivity contribution < 1.29 is 9.59 Å². The number of hydrogen-bond acceptors (Lipinski definition) is 3. The zero-order valence-corrected chi connectivity index (χ0v) is 16.2. The number of piperazine rings is 1. The fourth-order valence-electron chi connectivity index (χ4n) is 4.17. The highest BCUT2D eigenvalue weighted by Crippen LogP contribution is 2.31. The number of carbonyl (C=O) groups excluding carboxylic acids is 2. The van der Waals surface area contributed by atoms with Gasteiger partial charge in [0, 0.05) is 43.3 Å². The van der Waals surface area contributed by atoms with Gasteiger partial charge in [-0.3, -0.25) is 14.5 Å². The second kappa shape index (κ2) is 8.87. The third-order valence-electron chi connectivity index (χ3n) is 5.59. The summed E-state index contributed by atoms with van der Waals surface area (Å²) in [4.78, 5) is 29.2. The molecule has 1 atom stereocenters. The molecule has 1 saturated carbocycles. The van der Waals surface area contributed by atoms with Crippen LogP contribution in [0.3, 0.4) is 0 Å². The summed E-state index contributed by atoms with van der Waals surface area (Å²) in [7, 11) is 0. The number of benzene rings is 1. The quantitative estimate of drug-likeness (QED) is 0.855. The molecular weight excluding hydrogens is 350 g/mol. The molecule has 142 valence electrons. The van der Waals surface area contributed by atoms with E-state index >= 15 is 0 Å². The van der Waals surface area contributed by atoms with Crippen molar-refractivity contribution in [1.29, 1.82) is 0 Å². The molecule has 1 aromatic rings. The number of hydrogen-bond donors (Lipinski definition) is 1. The average Bonchev–Trinajstić information content (AvgIpc) is 3.18. The first-order valence-corrected chi connectivity index (χ1v) is 10.0. The van der Waals surface area contributed by atoms with E-state index in [1.165, 1.54) is 12.8 Å². The lowest BCUT2D eigenvalue weighted by atomic mass is 9.95. The molecule has 3 rings (SSSR count). The van der Waals surface area contributed by atoms with Crippen LogP contribution in [-0.4, -0.2) is 53.8 Å². The number of rotatable bonds is 5. The molecule has 1 aliphatic carbocycles. The van der Waals surface area contributed by atoms with Gasteiger partial charge in [-0.2, -0.15) is 0 Å². The Labute approximate surface area is 160 Å². The standard InChI is InChI=1S/C20H28ClN3O2/c1-2-18(25)23-11-13-24(14-12-23)19(15-5-3-4-6-15)20(26)22-17-9-7-16(21)8-10-17/h7-10,15,19H,2-6,11-14H2,1H3,(H,22,26)/t19-/m0/s1. The van der Waals surface area contributed by atoms with Crippen LogP contribution in [0, 0.1) is 5.92 Å². The SMILES string of the molecule is CCC(=O)N1CCN([C@H](C(=O)Nc2ccc(Cl)cc2)C2CCCC2)CC1. The van der Waals surface area contributed by atoms with Crippen LogP contribution >= 0.6 is 11.6 Å². The maximum Gasteiger partial charge on any atom is 0.242 e. The van der Waals surface area contributed by atoms with Gasteiger partial charge in [-0.1, -0.05) is 31.4 Å². The van der Waals surface area contributed by atoms with Crippen molar-refractivity contribution >= 4 is 29.1 Å². The lowest BCUT2D eigenvalue weighted by Gasteiger charge is -2.40. The average molecular weight is 378 g/mol. The number of carbonyl (C=O) groups is 2. The summed E-state index contributed by atoms with van der Waals surface area (Å²) in [6.07, 6.45) is 5.15. The molecule has 1 heterocycles. The van der Waals surface area contributed by atoms with Gasteiger partial charge in [0.25, 0.3) is 0 Å². The molecule has 0 spiro atoms. The Bertz CT molecular complexity index is 620. The Morgan fingerprint density at radius 1 is 1.12 bits per heavy atom. The fraction of sp³-hybridized carbons (Fsp3) is 0.600. The Morgan fingerprint density at radius 2 is 1.73 bits per heavy atom. The molecule has 26 heavy (non-hydrogen) atoms. The minimum atomic E-state index is -0.118. The van der Waals surface area contributed by atoms with Gasteiger partial charge in [0.05, 0.1) is 6.04 Å². The van der Waals surface area contributed by atoms with Gasteiger partial charge in [-0.25, -0.2) is 0 Å². The summed E-state index contributed by atoms with van der Waals surface area (Å²) < 4.78 is 0. The van der Waals surface area contributed by atoms with Crippen molar-refractivity contribution in [3.63, 3.8) is 0 Å². The molecule has 0 bridgehead atoms. The molecule has 1 aromatic carbocycles. The van der Waals surface area contributed by atoms with Crippen LogP contribution in [-0.2, 0) is 9.59 Å². The lowest BCUT2D eigenvalue weighted by molar-refractivity contribution is -0.134. The Morgan fingerprint density at radius 3 is 2.31 bits per heavy atom. The van der Waals surface area contributed by atoms with Crippen LogP contribution in [0.4, 0.5) is 5.69 Å². The van der Waals surface area contributed by atoms with E-state index < -0.39 is 0 Å². The molecule has 1 saturated heterocycles. The van der Waals surface area contributed by atoms with Crippen molar-refractivity contribution in [3.8, 4) is 0 Å². The minimum absolute atomic E-state index is 0.0643. The van der Waals surface area contributed by atoms with Gasteiger partial charge in [0.2, 0.25) is 11.8 Å². The molecule has 2 fully saturated rings. The summed E-state index contributed by atoms with van der Waals surface area (Å²) >= 11 is 5.93. The number of nitrogens with zero attached hydrogens (tertiary/aromatic N) is 2. The third kappa shape index (κ3) is 4.57. The highest BCUT2D eigenvalue weighted by Gasteiger charge is 2.37.